The molecular formula is C23H35N3O5. The van der Waals surface area contributed by atoms with Crippen molar-refractivity contribution in [2.45, 2.75) is 84.7 Å². The van der Waals surface area contributed by atoms with Crippen LogP contribution in [0, 0.1) is 5.92 Å². The van der Waals surface area contributed by atoms with Crippen molar-refractivity contribution in [3.63, 3.8) is 0 Å². The van der Waals surface area contributed by atoms with Gasteiger partial charge in [0, 0.05) is 12.1 Å². The number of rotatable bonds is 7. The molecule has 0 spiro atoms. The lowest BCUT2D eigenvalue weighted by Crippen LogP contribution is -2.53. The Morgan fingerprint density at radius 2 is 1.65 bits per heavy atom. The molecule has 8 heteroatoms. The maximum Gasteiger partial charge on any atom is 0.408 e. The molecule has 1 aromatic carbocycles. The van der Waals surface area contributed by atoms with Crippen molar-refractivity contribution in [3.8, 4) is 5.75 Å². The predicted octanol–water partition coefficient (Wildman–Crippen LogP) is 3.11. The lowest BCUT2D eigenvalue weighted by molar-refractivity contribution is -0.143. The number of amides is 3. The molecule has 0 heterocycles. The first kappa shape index (κ1) is 24.5. The fourth-order valence-electron chi connectivity index (χ4n) is 3.40. The van der Waals surface area contributed by atoms with E-state index in [4.69, 9.17) is 4.74 Å². The van der Waals surface area contributed by atoms with Crippen molar-refractivity contribution in [2.24, 2.45) is 5.92 Å². The van der Waals surface area contributed by atoms with Gasteiger partial charge in [-0.2, -0.15) is 0 Å². The average Bonchev–Trinajstić information content (AvgIpc) is 3.33. The summed E-state index contributed by atoms with van der Waals surface area (Å²) in [5.41, 5.74) is -0.101. The predicted molar refractivity (Wildman–Crippen MR) is 117 cm³/mol. The molecule has 1 saturated carbocycles. The van der Waals surface area contributed by atoms with E-state index in [1.54, 1.807) is 44.7 Å². The van der Waals surface area contributed by atoms with E-state index >= 15 is 0 Å². The fourth-order valence-corrected chi connectivity index (χ4v) is 3.40. The van der Waals surface area contributed by atoms with E-state index in [1.165, 1.54) is 12.1 Å². The normalized spacial score (nSPS) is 19.9. The highest BCUT2D eigenvalue weighted by molar-refractivity contribution is 5.92. The number of hydrogen-bond acceptors (Lipinski definition) is 5. The Hall–Kier alpha value is -2.77. The first-order chi connectivity index (χ1) is 14.3. The van der Waals surface area contributed by atoms with Gasteiger partial charge < -0.3 is 25.4 Å². The summed E-state index contributed by atoms with van der Waals surface area (Å²) in [7, 11) is 0. The zero-order chi connectivity index (χ0) is 23.5. The number of nitrogens with one attached hydrogen (secondary N) is 2. The largest absolute Gasteiger partial charge is 0.508 e. The SMILES string of the molecule is CC(C)NC(=O)C(c1ccc(O)cc1)N(C(=O)C(C)NC(=O)OC(C)(C)C)C1CC1C. The maximum atomic E-state index is 13.5. The number of aromatic hydroxyl groups is 1. The molecule has 2 rings (SSSR count). The monoisotopic (exact) mass is 433 g/mol. The Kier molecular flexibility index (Phi) is 7.57. The van der Waals surface area contributed by atoms with Crippen LogP contribution in [0.3, 0.4) is 0 Å². The van der Waals surface area contributed by atoms with Gasteiger partial charge in [-0.05, 0) is 71.6 Å². The molecular weight excluding hydrogens is 398 g/mol. The first-order valence-electron chi connectivity index (χ1n) is 10.7. The third kappa shape index (κ3) is 6.87. The summed E-state index contributed by atoms with van der Waals surface area (Å²) in [6, 6.07) is 4.27. The molecule has 3 N–H and O–H groups in total. The van der Waals surface area contributed by atoms with E-state index in [9.17, 15) is 19.5 Å². The molecule has 0 radical (unpaired) electrons. The van der Waals surface area contributed by atoms with E-state index in [2.05, 4.69) is 10.6 Å². The van der Waals surface area contributed by atoms with Crippen LogP contribution in [0.4, 0.5) is 4.79 Å². The number of benzene rings is 1. The van der Waals surface area contributed by atoms with Crippen LogP contribution in [0.5, 0.6) is 5.75 Å². The standard InChI is InChI=1S/C23H35N3O5/c1-13(2)24-20(28)19(16-8-10-17(27)11-9-16)26(18-12-14(18)3)21(29)15(4)25-22(30)31-23(5,6)7/h8-11,13-15,18-19,27H,12H2,1-7H3,(H,24,28)(H,25,30). The lowest BCUT2D eigenvalue weighted by Gasteiger charge is -2.34. The Morgan fingerprint density at radius 1 is 1.10 bits per heavy atom. The quantitative estimate of drug-likeness (QED) is 0.612. The van der Waals surface area contributed by atoms with Gasteiger partial charge in [0.05, 0.1) is 0 Å². The Bertz CT molecular complexity index is 800. The Labute approximate surface area is 184 Å². The van der Waals surface area contributed by atoms with Crippen LogP contribution in [0.2, 0.25) is 0 Å². The third-order valence-electron chi connectivity index (χ3n) is 4.95. The smallest absolute Gasteiger partial charge is 0.408 e. The number of phenolic OH excluding ortho intramolecular Hbond substituents is 1. The molecule has 1 aliphatic carbocycles. The maximum absolute atomic E-state index is 13.5. The van der Waals surface area contributed by atoms with Crippen LogP contribution >= 0.6 is 0 Å². The van der Waals surface area contributed by atoms with Crippen molar-refractivity contribution < 1.29 is 24.2 Å². The van der Waals surface area contributed by atoms with Crippen LogP contribution in [-0.4, -0.2) is 51.6 Å². The van der Waals surface area contributed by atoms with E-state index in [-0.39, 0.29) is 35.6 Å². The van der Waals surface area contributed by atoms with Crippen molar-refractivity contribution in [3.05, 3.63) is 29.8 Å². The topological polar surface area (TPSA) is 108 Å². The molecule has 1 fully saturated rings. The molecule has 31 heavy (non-hydrogen) atoms. The second kappa shape index (κ2) is 9.58. The number of ether oxygens (including phenoxy) is 1. The van der Waals surface area contributed by atoms with Crippen molar-refractivity contribution in [1.29, 1.82) is 0 Å². The molecule has 1 aromatic rings. The van der Waals surface area contributed by atoms with Crippen LogP contribution in [-0.2, 0) is 14.3 Å². The summed E-state index contributed by atoms with van der Waals surface area (Å²) in [6.07, 6.45) is 0.0824. The molecule has 0 aliphatic heterocycles. The summed E-state index contributed by atoms with van der Waals surface area (Å²) in [4.78, 5) is 40.4. The van der Waals surface area contributed by atoms with Crippen LogP contribution in [0.1, 0.15) is 66.5 Å². The highest BCUT2D eigenvalue weighted by Gasteiger charge is 2.47. The van der Waals surface area contributed by atoms with Crippen molar-refractivity contribution in [2.75, 3.05) is 0 Å². The summed E-state index contributed by atoms with van der Waals surface area (Å²) < 4.78 is 5.27. The highest BCUT2D eigenvalue weighted by Crippen LogP contribution is 2.40. The van der Waals surface area contributed by atoms with E-state index in [0.717, 1.165) is 6.42 Å². The Morgan fingerprint density at radius 3 is 2.10 bits per heavy atom. The number of phenols is 1. The number of nitrogens with zero attached hydrogens (tertiary/aromatic N) is 1. The van der Waals surface area contributed by atoms with Gasteiger partial charge in [-0.3, -0.25) is 9.59 Å². The molecule has 4 atom stereocenters. The van der Waals surface area contributed by atoms with Gasteiger partial charge >= 0.3 is 6.09 Å². The van der Waals surface area contributed by atoms with Crippen molar-refractivity contribution >= 4 is 17.9 Å². The Balaban J connectivity index is 2.35. The minimum atomic E-state index is -0.881. The van der Waals surface area contributed by atoms with Gasteiger partial charge in [0.1, 0.15) is 23.4 Å². The van der Waals surface area contributed by atoms with Gasteiger partial charge in [0.15, 0.2) is 0 Å². The van der Waals surface area contributed by atoms with Gasteiger partial charge in [-0.15, -0.1) is 0 Å². The van der Waals surface area contributed by atoms with E-state index < -0.39 is 23.8 Å². The van der Waals surface area contributed by atoms with Crippen LogP contribution < -0.4 is 10.6 Å². The number of hydrogen-bond donors (Lipinski definition) is 3. The molecule has 1 aliphatic rings. The highest BCUT2D eigenvalue weighted by atomic mass is 16.6. The summed E-state index contributed by atoms with van der Waals surface area (Å²) in [5.74, 6) is -0.358. The molecule has 172 valence electrons. The second-order valence-corrected chi connectivity index (χ2v) is 9.55. The number of carbonyl (C=O) groups excluding carboxylic acids is 3. The minimum Gasteiger partial charge on any atom is -0.508 e. The first-order valence-corrected chi connectivity index (χ1v) is 10.7. The lowest BCUT2D eigenvalue weighted by atomic mass is 10.0. The van der Waals surface area contributed by atoms with Crippen LogP contribution in [0.25, 0.3) is 0 Å². The molecule has 4 unspecified atom stereocenters. The van der Waals surface area contributed by atoms with Gasteiger partial charge in [0.25, 0.3) is 0 Å². The molecule has 8 nitrogen and oxygen atoms in total. The summed E-state index contributed by atoms with van der Waals surface area (Å²) in [6.45, 7) is 12.5. The molecule has 3 amide bonds. The average molecular weight is 434 g/mol. The van der Waals surface area contributed by atoms with Gasteiger partial charge in [-0.1, -0.05) is 19.1 Å². The van der Waals surface area contributed by atoms with E-state index in [1.807, 2.05) is 20.8 Å². The summed E-state index contributed by atoms with van der Waals surface area (Å²) >= 11 is 0. The third-order valence-corrected chi connectivity index (χ3v) is 4.95. The van der Waals surface area contributed by atoms with Crippen molar-refractivity contribution in [1.82, 2.24) is 15.5 Å². The van der Waals surface area contributed by atoms with Gasteiger partial charge in [0.2, 0.25) is 11.8 Å². The molecule has 0 saturated heterocycles. The minimum absolute atomic E-state index is 0.0735. The fraction of sp³-hybridized carbons (Fsp3) is 0.609. The van der Waals surface area contributed by atoms with Gasteiger partial charge in [-0.25, -0.2) is 4.79 Å². The molecule has 0 aromatic heterocycles. The number of alkyl carbamates (subject to hydrolysis) is 1. The molecule has 0 bridgehead atoms. The van der Waals surface area contributed by atoms with E-state index in [0.29, 0.717) is 5.56 Å². The zero-order valence-corrected chi connectivity index (χ0v) is 19.4. The summed E-state index contributed by atoms with van der Waals surface area (Å²) in [5, 5.41) is 15.1. The zero-order valence-electron chi connectivity index (χ0n) is 19.4. The number of carbonyl (C=O) groups is 3. The van der Waals surface area contributed by atoms with Crippen LogP contribution in [0.15, 0.2) is 24.3 Å². The second-order valence-electron chi connectivity index (χ2n) is 9.55.